The fraction of sp³-hybridized carbons (Fsp3) is 0.500. The number of nitrogens with zero attached hydrogens (tertiary/aromatic N) is 2. The number of rotatable bonds is 5. The first kappa shape index (κ1) is 17.7. The van der Waals surface area contributed by atoms with Crippen LogP contribution in [0.5, 0.6) is 0 Å². The van der Waals surface area contributed by atoms with Gasteiger partial charge in [-0.25, -0.2) is 0 Å². The zero-order valence-electron chi connectivity index (χ0n) is 15.1. The molecule has 0 radical (unpaired) electrons. The Labute approximate surface area is 149 Å². The number of carbonyl (C=O) groups is 2. The van der Waals surface area contributed by atoms with Gasteiger partial charge in [0.25, 0.3) is 0 Å². The van der Waals surface area contributed by atoms with Crippen LogP contribution in [0.25, 0.3) is 5.57 Å². The SMILES string of the molecule is CC(C)CC=C(CN1CCN2C(=O)CNC(=O)C2C1)c1ccccc1. The van der Waals surface area contributed by atoms with Crippen molar-refractivity contribution in [3.8, 4) is 0 Å². The van der Waals surface area contributed by atoms with Crippen molar-refractivity contribution in [1.82, 2.24) is 15.1 Å². The van der Waals surface area contributed by atoms with Crippen LogP contribution in [0.15, 0.2) is 36.4 Å². The van der Waals surface area contributed by atoms with E-state index in [4.69, 9.17) is 0 Å². The first-order chi connectivity index (χ1) is 12.0. The van der Waals surface area contributed by atoms with E-state index in [1.54, 1.807) is 4.90 Å². The molecule has 1 N–H and O–H groups in total. The third kappa shape index (κ3) is 4.28. The number of amides is 2. The summed E-state index contributed by atoms with van der Waals surface area (Å²) in [6.45, 7) is 7.42. The minimum atomic E-state index is -0.350. The maximum atomic E-state index is 12.1. The highest BCUT2D eigenvalue weighted by atomic mass is 16.2. The topological polar surface area (TPSA) is 52.6 Å². The van der Waals surface area contributed by atoms with Crippen molar-refractivity contribution in [2.24, 2.45) is 5.92 Å². The van der Waals surface area contributed by atoms with Crippen molar-refractivity contribution in [2.75, 3.05) is 32.7 Å². The number of nitrogens with one attached hydrogen (secondary N) is 1. The lowest BCUT2D eigenvalue weighted by Crippen LogP contribution is -2.66. The maximum Gasteiger partial charge on any atom is 0.244 e. The summed E-state index contributed by atoms with van der Waals surface area (Å²) in [6.07, 6.45) is 3.35. The second kappa shape index (κ2) is 7.83. The molecule has 2 fully saturated rings. The second-order valence-corrected chi connectivity index (χ2v) is 7.28. The molecule has 134 valence electrons. The van der Waals surface area contributed by atoms with Gasteiger partial charge in [0.15, 0.2) is 0 Å². The molecule has 2 saturated heterocycles. The fourth-order valence-corrected chi connectivity index (χ4v) is 3.43. The zero-order chi connectivity index (χ0) is 17.8. The molecule has 0 saturated carbocycles. The van der Waals surface area contributed by atoms with Crippen molar-refractivity contribution in [3.05, 3.63) is 42.0 Å². The Hall–Kier alpha value is -2.14. The van der Waals surface area contributed by atoms with Gasteiger partial charge in [-0.05, 0) is 23.5 Å². The van der Waals surface area contributed by atoms with Crippen LogP contribution in [-0.4, -0.2) is 60.4 Å². The Morgan fingerprint density at radius 1 is 1.24 bits per heavy atom. The fourth-order valence-electron chi connectivity index (χ4n) is 3.43. The van der Waals surface area contributed by atoms with Crippen molar-refractivity contribution in [2.45, 2.75) is 26.3 Å². The largest absolute Gasteiger partial charge is 0.345 e. The van der Waals surface area contributed by atoms with Gasteiger partial charge in [-0.15, -0.1) is 0 Å². The molecule has 0 bridgehead atoms. The van der Waals surface area contributed by atoms with Crippen LogP contribution in [0.4, 0.5) is 0 Å². The number of hydrogen-bond donors (Lipinski definition) is 1. The summed E-state index contributed by atoms with van der Waals surface area (Å²) in [4.78, 5) is 28.1. The van der Waals surface area contributed by atoms with Crippen molar-refractivity contribution < 1.29 is 9.59 Å². The molecule has 0 aromatic heterocycles. The van der Waals surface area contributed by atoms with Crippen LogP contribution in [0.3, 0.4) is 0 Å². The monoisotopic (exact) mass is 341 g/mol. The Morgan fingerprint density at radius 2 is 2.00 bits per heavy atom. The molecule has 5 nitrogen and oxygen atoms in total. The van der Waals surface area contributed by atoms with Crippen LogP contribution >= 0.6 is 0 Å². The summed E-state index contributed by atoms with van der Waals surface area (Å²) in [5.41, 5.74) is 2.53. The molecule has 1 unspecified atom stereocenters. The van der Waals surface area contributed by atoms with E-state index in [9.17, 15) is 9.59 Å². The van der Waals surface area contributed by atoms with Crippen LogP contribution in [0.1, 0.15) is 25.8 Å². The van der Waals surface area contributed by atoms with Gasteiger partial charge in [-0.3, -0.25) is 14.5 Å². The van der Waals surface area contributed by atoms with Gasteiger partial charge in [-0.2, -0.15) is 0 Å². The highest BCUT2D eigenvalue weighted by Gasteiger charge is 2.38. The molecule has 2 aliphatic heterocycles. The first-order valence-corrected chi connectivity index (χ1v) is 9.08. The van der Waals surface area contributed by atoms with Gasteiger partial charge >= 0.3 is 0 Å². The number of benzene rings is 1. The Kier molecular flexibility index (Phi) is 5.53. The normalized spacial score (nSPS) is 22.1. The van der Waals surface area contributed by atoms with Crippen molar-refractivity contribution in [3.63, 3.8) is 0 Å². The van der Waals surface area contributed by atoms with E-state index in [-0.39, 0.29) is 24.4 Å². The predicted molar refractivity (Wildman–Crippen MR) is 98.8 cm³/mol. The van der Waals surface area contributed by atoms with E-state index in [1.165, 1.54) is 11.1 Å². The maximum absolute atomic E-state index is 12.1. The average molecular weight is 341 g/mol. The molecule has 2 heterocycles. The van der Waals surface area contributed by atoms with E-state index < -0.39 is 0 Å². The van der Waals surface area contributed by atoms with Crippen LogP contribution in [-0.2, 0) is 9.59 Å². The molecule has 0 spiro atoms. The summed E-state index contributed by atoms with van der Waals surface area (Å²) >= 11 is 0. The van der Waals surface area contributed by atoms with Crippen LogP contribution in [0, 0.1) is 5.92 Å². The van der Waals surface area contributed by atoms with Gasteiger partial charge in [0.1, 0.15) is 6.04 Å². The zero-order valence-corrected chi connectivity index (χ0v) is 15.1. The number of allylic oxidation sites excluding steroid dienone is 1. The van der Waals surface area contributed by atoms with E-state index in [2.05, 4.69) is 54.4 Å². The highest BCUT2D eigenvalue weighted by Crippen LogP contribution is 2.21. The van der Waals surface area contributed by atoms with Gasteiger partial charge in [0, 0.05) is 26.2 Å². The molecule has 2 aliphatic rings. The smallest absolute Gasteiger partial charge is 0.244 e. The number of fused-ring (bicyclic) bond motifs is 1. The van der Waals surface area contributed by atoms with Gasteiger partial charge in [0.05, 0.1) is 6.54 Å². The van der Waals surface area contributed by atoms with Crippen LogP contribution in [0.2, 0.25) is 0 Å². The molecule has 1 aromatic rings. The number of hydrogen-bond acceptors (Lipinski definition) is 3. The summed E-state index contributed by atoms with van der Waals surface area (Å²) in [7, 11) is 0. The van der Waals surface area contributed by atoms with Gasteiger partial charge in [-0.1, -0.05) is 50.3 Å². The molecule has 1 aromatic carbocycles. The molecule has 25 heavy (non-hydrogen) atoms. The lowest BCUT2D eigenvalue weighted by Gasteiger charge is -2.43. The third-order valence-electron chi connectivity index (χ3n) is 4.88. The quantitative estimate of drug-likeness (QED) is 0.888. The molecule has 3 rings (SSSR count). The summed E-state index contributed by atoms with van der Waals surface area (Å²) in [6, 6.07) is 10.1. The number of piperazine rings is 2. The molecular formula is C20H27N3O2. The summed E-state index contributed by atoms with van der Waals surface area (Å²) in [5.74, 6) is 0.608. The van der Waals surface area contributed by atoms with E-state index in [1.807, 2.05) is 6.07 Å². The predicted octanol–water partition coefficient (Wildman–Crippen LogP) is 1.76. The van der Waals surface area contributed by atoms with E-state index >= 15 is 0 Å². The molecule has 5 heteroatoms. The first-order valence-electron chi connectivity index (χ1n) is 9.08. The lowest BCUT2D eigenvalue weighted by molar-refractivity contribution is -0.148. The standard InChI is InChI=1S/C20H27N3O2/c1-15(2)8-9-17(16-6-4-3-5-7-16)13-22-10-11-23-18(14-22)20(25)21-12-19(23)24/h3-7,9,15,18H,8,10-14H2,1-2H3,(H,21,25). The average Bonchev–Trinajstić information content (AvgIpc) is 2.62. The third-order valence-corrected chi connectivity index (χ3v) is 4.88. The highest BCUT2D eigenvalue weighted by molar-refractivity contribution is 5.95. The Morgan fingerprint density at radius 3 is 2.72 bits per heavy atom. The lowest BCUT2D eigenvalue weighted by atomic mass is 10.00. The van der Waals surface area contributed by atoms with E-state index in [0.29, 0.717) is 19.0 Å². The van der Waals surface area contributed by atoms with Crippen LogP contribution < -0.4 is 5.32 Å². The Balaban J connectivity index is 1.73. The number of carbonyl (C=O) groups excluding carboxylic acids is 2. The minimum Gasteiger partial charge on any atom is -0.345 e. The van der Waals surface area contributed by atoms with Crippen molar-refractivity contribution >= 4 is 17.4 Å². The van der Waals surface area contributed by atoms with Crippen molar-refractivity contribution in [1.29, 1.82) is 0 Å². The molecular weight excluding hydrogens is 314 g/mol. The Bertz CT molecular complexity index is 654. The van der Waals surface area contributed by atoms with Gasteiger partial charge in [0.2, 0.25) is 11.8 Å². The molecule has 1 atom stereocenters. The summed E-state index contributed by atoms with van der Waals surface area (Å²) < 4.78 is 0. The second-order valence-electron chi connectivity index (χ2n) is 7.28. The minimum absolute atomic E-state index is 0.0304. The summed E-state index contributed by atoms with van der Waals surface area (Å²) in [5, 5.41) is 2.71. The molecule has 2 amide bonds. The molecule has 0 aliphatic carbocycles. The van der Waals surface area contributed by atoms with E-state index in [0.717, 1.165) is 19.5 Å². The van der Waals surface area contributed by atoms with Gasteiger partial charge < -0.3 is 10.2 Å².